The minimum atomic E-state index is -4.50. The number of alkyl halides is 3. The van der Waals surface area contributed by atoms with Crippen LogP contribution in [0.2, 0.25) is 0 Å². The summed E-state index contributed by atoms with van der Waals surface area (Å²) in [7, 11) is 2.98. The van der Waals surface area contributed by atoms with Crippen molar-refractivity contribution in [2.45, 2.75) is 13.1 Å². The summed E-state index contributed by atoms with van der Waals surface area (Å²) in [5, 5.41) is 5.18. The number of hydrogen-bond donors (Lipinski definition) is 2. The molecule has 0 atom stereocenters. The quantitative estimate of drug-likeness (QED) is 0.209. The van der Waals surface area contributed by atoms with E-state index in [-0.39, 0.29) is 23.7 Å². The number of hydrogen-bond acceptors (Lipinski definition) is 5. The van der Waals surface area contributed by atoms with Crippen LogP contribution in [-0.2, 0) is 20.6 Å². The van der Waals surface area contributed by atoms with Crippen molar-refractivity contribution < 1.29 is 37.1 Å². The lowest BCUT2D eigenvalue weighted by Crippen LogP contribution is -2.46. The van der Waals surface area contributed by atoms with Gasteiger partial charge in [0.25, 0.3) is 5.91 Å². The molecule has 0 unspecified atom stereocenters. The SMILES string of the molecule is Cc1cccc(NC(=O)NCC(=O)N(CC(=O)N(C)c2ccccc2)c2cccc(OCC(=O)N(C)c3ccc(C(F)(F)F)cc3)c2)c1. The first-order valence-electron chi connectivity index (χ1n) is 14.7. The number of ether oxygens (including phenoxy) is 1. The van der Waals surface area contributed by atoms with Gasteiger partial charge >= 0.3 is 12.2 Å². The number of anilines is 4. The summed E-state index contributed by atoms with van der Waals surface area (Å²) in [5.74, 6) is -1.37. The van der Waals surface area contributed by atoms with E-state index in [4.69, 9.17) is 4.74 Å². The average molecular weight is 662 g/mol. The van der Waals surface area contributed by atoms with Crippen LogP contribution in [0.4, 0.5) is 40.7 Å². The standard InChI is InChI=1S/C35H34F3N5O5/c1-24-9-7-10-26(19-24)40-34(47)39-21-31(44)43(22-32(45)41(2)27-11-5-4-6-12-27)29-13-8-14-30(20-29)48-23-33(46)42(3)28-17-15-25(16-18-28)35(36,37)38/h4-20H,21-23H2,1-3H3,(H2,39,40,47). The Bertz CT molecular complexity index is 1750. The molecule has 13 heteroatoms. The van der Waals surface area contributed by atoms with Gasteiger partial charge in [0.1, 0.15) is 12.3 Å². The number of nitrogens with zero attached hydrogens (tertiary/aromatic N) is 3. The third-order valence-corrected chi connectivity index (χ3v) is 7.24. The first kappa shape index (κ1) is 35.0. The molecule has 250 valence electrons. The van der Waals surface area contributed by atoms with Crippen molar-refractivity contribution in [3.8, 4) is 5.75 Å². The molecule has 0 bridgehead atoms. The van der Waals surface area contributed by atoms with Crippen LogP contribution in [0, 0.1) is 6.92 Å². The Morgan fingerprint density at radius 1 is 0.708 bits per heavy atom. The fraction of sp³-hybridized carbons (Fsp3) is 0.200. The Morgan fingerprint density at radius 3 is 2.00 bits per heavy atom. The van der Waals surface area contributed by atoms with Crippen LogP contribution in [0.25, 0.3) is 0 Å². The zero-order chi connectivity index (χ0) is 34.8. The largest absolute Gasteiger partial charge is 0.484 e. The molecule has 4 rings (SSSR count). The molecule has 2 N–H and O–H groups in total. The highest BCUT2D eigenvalue weighted by atomic mass is 19.4. The Labute approximate surface area is 275 Å². The number of rotatable bonds is 11. The lowest BCUT2D eigenvalue weighted by Gasteiger charge is -2.26. The van der Waals surface area contributed by atoms with Crippen LogP contribution in [-0.4, -0.2) is 57.5 Å². The third kappa shape index (κ3) is 9.58. The van der Waals surface area contributed by atoms with Gasteiger partial charge in [-0.25, -0.2) is 4.79 Å². The second-order valence-electron chi connectivity index (χ2n) is 10.7. The highest BCUT2D eigenvalue weighted by molar-refractivity contribution is 6.05. The molecule has 0 aromatic heterocycles. The third-order valence-electron chi connectivity index (χ3n) is 7.24. The number of carbonyl (C=O) groups is 4. The number of aryl methyl sites for hydroxylation is 1. The van der Waals surface area contributed by atoms with Crippen molar-refractivity contribution in [3.63, 3.8) is 0 Å². The molecule has 0 radical (unpaired) electrons. The molecule has 0 saturated heterocycles. The van der Waals surface area contributed by atoms with Gasteiger partial charge in [0.15, 0.2) is 6.61 Å². The molecule has 0 aliphatic heterocycles. The Morgan fingerprint density at radius 2 is 1.33 bits per heavy atom. The molecule has 0 aliphatic carbocycles. The number of benzene rings is 4. The van der Waals surface area contributed by atoms with E-state index in [1.165, 1.54) is 35.0 Å². The Kier molecular flexibility index (Phi) is 11.4. The summed E-state index contributed by atoms with van der Waals surface area (Å²) in [6, 6.07) is 25.6. The summed E-state index contributed by atoms with van der Waals surface area (Å²) >= 11 is 0. The molecule has 4 aromatic rings. The number of para-hydroxylation sites is 1. The van der Waals surface area contributed by atoms with E-state index in [9.17, 15) is 32.3 Å². The van der Waals surface area contributed by atoms with Crippen LogP contribution in [0.1, 0.15) is 11.1 Å². The summed E-state index contributed by atoms with van der Waals surface area (Å²) in [5.41, 5.74) is 1.75. The van der Waals surface area contributed by atoms with Gasteiger partial charge in [0.05, 0.1) is 12.1 Å². The van der Waals surface area contributed by atoms with Gasteiger partial charge in [-0.2, -0.15) is 13.2 Å². The van der Waals surface area contributed by atoms with Gasteiger partial charge < -0.3 is 30.1 Å². The van der Waals surface area contributed by atoms with E-state index in [2.05, 4.69) is 10.6 Å². The lowest BCUT2D eigenvalue weighted by molar-refractivity contribution is -0.137. The monoisotopic (exact) mass is 661 g/mol. The van der Waals surface area contributed by atoms with Gasteiger partial charge in [-0.05, 0) is 73.2 Å². The predicted octanol–water partition coefficient (Wildman–Crippen LogP) is 5.87. The summed E-state index contributed by atoms with van der Waals surface area (Å²) < 4.78 is 44.4. The van der Waals surface area contributed by atoms with Crippen LogP contribution >= 0.6 is 0 Å². The number of carbonyl (C=O) groups excluding carboxylic acids is 4. The fourth-order valence-electron chi connectivity index (χ4n) is 4.51. The first-order valence-corrected chi connectivity index (χ1v) is 14.7. The predicted molar refractivity (Wildman–Crippen MR) is 177 cm³/mol. The van der Waals surface area contributed by atoms with Crippen molar-refractivity contribution in [1.29, 1.82) is 0 Å². The summed E-state index contributed by atoms with van der Waals surface area (Å²) in [4.78, 5) is 55.9. The van der Waals surface area contributed by atoms with Crippen LogP contribution in [0.15, 0.2) is 103 Å². The van der Waals surface area contributed by atoms with Gasteiger partial charge in [0, 0.05) is 42.9 Å². The molecule has 0 fully saturated rings. The van der Waals surface area contributed by atoms with E-state index in [1.807, 2.05) is 19.1 Å². The number of nitrogens with one attached hydrogen (secondary N) is 2. The van der Waals surface area contributed by atoms with Crippen LogP contribution < -0.4 is 30.1 Å². The van der Waals surface area contributed by atoms with E-state index >= 15 is 0 Å². The topological polar surface area (TPSA) is 111 Å². The number of likely N-dealkylation sites (N-methyl/N-ethyl adjacent to an activating group) is 2. The molecule has 5 amide bonds. The minimum Gasteiger partial charge on any atom is -0.484 e. The molecule has 0 saturated carbocycles. The van der Waals surface area contributed by atoms with E-state index in [0.717, 1.165) is 22.6 Å². The molecule has 10 nitrogen and oxygen atoms in total. The molecule has 48 heavy (non-hydrogen) atoms. The maximum atomic E-state index is 13.5. The number of amides is 5. The normalized spacial score (nSPS) is 10.9. The van der Waals surface area contributed by atoms with Gasteiger partial charge in [-0.15, -0.1) is 0 Å². The summed E-state index contributed by atoms with van der Waals surface area (Å²) in [6.45, 7) is 0.580. The second-order valence-corrected chi connectivity index (χ2v) is 10.7. The van der Waals surface area contributed by atoms with Crippen molar-refractivity contribution in [2.24, 2.45) is 0 Å². The lowest BCUT2D eigenvalue weighted by atomic mass is 10.2. The van der Waals surface area contributed by atoms with E-state index < -0.39 is 48.6 Å². The molecule has 4 aromatic carbocycles. The van der Waals surface area contributed by atoms with Crippen molar-refractivity contribution in [3.05, 3.63) is 114 Å². The van der Waals surface area contributed by atoms with Gasteiger partial charge in [-0.1, -0.05) is 36.4 Å². The van der Waals surface area contributed by atoms with Crippen LogP contribution in [0.3, 0.4) is 0 Å². The highest BCUT2D eigenvalue weighted by Gasteiger charge is 2.30. The molecule has 0 aliphatic rings. The van der Waals surface area contributed by atoms with Crippen molar-refractivity contribution in [2.75, 3.05) is 53.8 Å². The highest BCUT2D eigenvalue weighted by Crippen LogP contribution is 2.30. The average Bonchev–Trinajstić information content (AvgIpc) is 3.08. The smallest absolute Gasteiger partial charge is 0.416 e. The molecule has 0 heterocycles. The Balaban J connectivity index is 1.47. The molecular weight excluding hydrogens is 627 g/mol. The zero-order valence-corrected chi connectivity index (χ0v) is 26.5. The first-order chi connectivity index (χ1) is 22.8. The number of urea groups is 1. The minimum absolute atomic E-state index is 0.188. The molecule has 0 spiro atoms. The van der Waals surface area contributed by atoms with Crippen LogP contribution in [0.5, 0.6) is 5.75 Å². The van der Waals surface area contributed by atoms with E-state index in [1.54, 1.807) is 67.7 Å². The maximum absolute atomic E-state index is 13.5. The van der Waals surface area contributed by atoms with Gasteiger partial charge in [-0.3, -0.25) is 14.4 Å². The van der Waals surface area contributed by atoms with Crippen molar-refractivity contribution in [1.82, 2.24) is 5.32 Å². The molecular formula is C35H34F3N5O5. The van der Waals surface area contributed by atoms with Crippen molar-refractivity contribution >= 4 is 46.5 Å². The zero-order valence-electron chi connectivity index (χ0n) is 26.5. The Hall–Kier alpha value is -5.85. The van der Waals surface area contributed by atoms with Gasteiger partial charge in [0.2, 0.25) is 11.8 Å². The number of halogens is 3. The van der Waals surface area contributed by atoms with E-state index in [0.29, 0.717) is 11.4 Å². The fourth-order valence-corrected chi connectivity index (χ4v) is 4.51. The maximum Gasteiger partial charge on any atom is 0.416 e. The second kappa shape index (κ2) is 15.6. The summed E-state index contributed by atoms with van der Waals surface area (Å²) in [6.07, 6.45) is -4.50.